The van der Waals surface area contributed by atoms with E-state index in [1.807, 2.05) is 4.90 Å². The molecule has 12 heteroatoms. The number of nitrogens with zero attached hydrogens (tertiary/aromatic N) is 5. The van der Waals surface area contributed by atoms with Crippen molar-refractivity contribution in [2.45, 2.75) is 50.6 Å². The van der Waals surface area contributed by atoms with Crippen LogP contribution < -0.4 is 14.5 Å². The lowest BCUT2D eigenvalue weighted by atomic mass is 9.85. The molecule has 206 valence electrons. The van der Waals surface area contributed by atoms with Crippen LogP contribution in [-0.4, -0.2) is 85.4 Å². The summed E-state index contributed by atoms with van der Waals surface area (Å²) in [7, 11) is -3.17. The number of carboxylic acids is 1. The summed E-state index contributed by atoms with van der Waals surface area (Å²) in [4.78, 5) is 27.4. The molecule has 1 atom stereocenters. The molecule has 10 nitrogen and oxygen atoms in total. The van der Waals surface area contributed by atoms with Crippen molar-refractivity contribution in [1.29, 1.82) is 0 Å². The Balaban J connectivity index is 1.27. The van der Waals surface area contributed by atoms with E-state index in [4.69, 9.17) is 0 Å². The fourth-order valence-corrected chi connectivity index (χ4v) is 7.11. The van der Waals surface area contributed by atoms with Crippen LogP contribution in [0.15, 0.2) is 30.7 Å². The minimum atomic E-state index is -3.17. The standard InChI is InChI=1S/C26H35FN6O4S/c1-38(36,37)30-20-7-4-18(5-8-20)15-31-10-2-3-21(16-31)32-11-12-33(24-14-28-17-29-25(24)32)23-9-6-19(27)13-22(23)26(34)35/h6,9,13-14,17-18,20-21,30H,2-5,7-8,10-12,15-16H2,1H3,(H,34,35). The number of anilines is 3. The van der Waals surface area contributed by atoms with E-state index in [-0.39, 0.29) is 17.6 Å². The van der Waals surface area contributed by atoms with E-state index in [0.717, 1.165) is 75.7 Å². The number of carboxylic acid groups (broad SMARTS) is 1. The lowest BCUT2D eigenvalue weighted by Crippen LogP contribution is -2.53. The second-order valence-corrected chi connectivity index (χ2v) is 12.5. The highest BCUT2D eigenvalue weighted by molar-refractivity contribution is 7.88. The van der Waals surface area contributed by atoms with Crippen LogP contribution in [-0.2, 0) is 10.0 Å². The van der Waals surface area contributed by atoms with E-state index < -0.39 is 21.8 Å². The first-order chi connectivity index (χ1) is 18.2. The predicted octanol–water partition coefficient (Wildman–Crippen LogP) is 2.84. The Hall–Kier alpha value is -2.83. The first kappa shape index (κ1) is 26.8. The van der Waals surface area contributed by atoms with Gasteiger partial charge in [0, 0.05) is 38.3 Å². The van der Waals surface area contributed by atoms with Crippen molar-refractivity contribution >= 4 is 33.2 Å². The molecule has 2 fully saturated rings. The van der Waals surface area contributed by atoms with Gasteiger partial charge in [-0.25, -0.2) is 32.3 Å². The average Bonchev–Trinajstić information content (AvgIpc) is 2.88. The zero-order valence-corrected chi connectivity index (χ0v) is 22.4. The molecule has 0 bridgehead atoms. The Bertz CT molecular complexity index is 1270. The van der Waals surface area contributed by atoms with Crippen molar-refractivity contribution in [3.05, 3.63) is 42.1 Å². The molecule has 1 aromatic carbocycles. The van der Waals surface area contributed by atoms with Crippen molar-refractivity contribution in [3.63, 3.8) is 0 Å². The van der Waals surface area contributed by atoms with Crippen LogP contribution in [0.25, 0.3) is 0 Å². The zero-order chi connectivity index (χ0) is 26.9. The number of hydrogen-bond acceptors (Lipinski definition) is 8. The third-order valence-corrected chi connectivity index (χ3v) is 8.71. The summed E-state index contributed by atoms with van der Waals surface area (Å²) in [6.07, 6.45) is 10.4. The largest absolute Gasteiger partial charge is 0.478 e. The molecule has 1 saturated heterocycles. The Morgan fingerprint density at radius 2 is 1.92 bits per heavy atom. The maximum Gasteiger partial charge on any atom is 0.337 e. The number of sulfonamides is 1. The molecule has 38 heavy (non-hydrogen) atoms. The van der Waals surface area contributed by atoms with Gasteiger partial charge in [0.2, 0.25) is 10.0 Å². The van der Waals surface area contributed by atoms with Gasteiger partial charge in [-0.05, 0) is 69.2 Å². The number of nitrogens with one attached hydrogen (secondary N) is 1. The highest BCUT2D eigenvalue weighted by atomic mass is 32.2. The number of fused-ring (bicyclic) bond motifs is 1. The van der Waals surface area contributed by atoms with Crippen molar-refractivity contribution in [1.82, 2.24) is 19.6 Å². The molecule has 5 rings (SSSR count). The van der Waals surface area contributed by atoms with Crippen LogP contribution >= 0.6 is 0 Å². The summed E-state index contributed by atoms with van der Waals surface area (Å²) >= 11 is 0. The van der Waals surface area contributed by atoms with Crippen molar-refractivity contribution in [3.8, 4) is 0 Å². The highest BCUT2D eigenvalue weighted by Crippen LogP contribution is 2.39. The molecule has 1 aromatic heterocycles. The fourth-order valence-electron chi connectivity index (χ4n) is 6.26. The Morgan fingerprint density at radius 1 is 1.13 bits per heavy atom. The Morgan fingerprint density at radius 3 is 2.66 bits per heavy atom. The number of likely N-dealkylation sites (tertiary alicyclic amines) is 1. The summed E-state index contributed by atoms with van der Waals surface area (Å²) in [6, 6.07) is 4.16. The molecular weight excluding hydrogens is 511 g/mol. The van der Waals surface area contributed by atoms with Crippen molar-refractivity contribution in [2.24, 2.45) is 5.92 Å². The van der Waals surface area contributed by atoms with Crippen LogP contribution in [0.1, 0.15) is 48.9 Å². The molecule has 0 spiro atoms. The van der Waals surface area contributed by atoms with Gasteiger partial charge in [0.1, 0.15) is 17.8 Å². The maximum atomic E-state index is 13.8. The van der Waals surface area contributed by atoms with Crippen LogP contribution in [0.2, 0.25) is 0 Å². The van der Waals surface area contributed by atoms with Gasteiger partial charge < -0.3 is 19.8 Å². The SMILES string of the molecule is CS(=O)(=O)NC1CCC(CN2CCCC(N3CCN(c4ccc(F)cc4C(=O)O)c4cncnc43)C2)CC1. The van der Waals surface area contributed by atoms with Crippen molar-refractivity contribution < 1.29 is 22.7 Å². The Labute approximate surface area is 222 Å². The quantitative estimate of drug-likeness (QED) is 0.540. The number of benzene rings is 1. The topological polar surface area (TPSA) is 119 Å². The fraction of sp³-hybridized carbons (Fsp3) is 0.577. The molecule has 1 unspecified atom stereocenters. The smallest absolute Gasteiger partial charge is 0.337 e. The molecule has 2 N–H and O–H groups in total. The molecule has 0 radical (unpaired) electrons. The number of aromatic nitrogens is 2. The molecule has 1 saturated carbocycles. The molecule has 3 aliphatic rings. The number of rotatable bonds is 7. The number of carbonyl (C=O) groups is 1. The third-order valence-electron chi connectivity index (χ3n) is 7.95. The summed E-state index contributed by atoms with van der Waals surface area (Å²) < 4.78 is 39.7. The summed E-state index contributed by atoms with van der Waals surface area (Å²) in [5.74, 6) is -0.432. The molecule has 0 amide bonds. The van der Waals surface area contributed by atoms with E-state index in [2.05, 4.69) is 24.5 Å². The molecule has 2 aromatic rings. The van der Waals surface area contributed by atoms with E-state index in [0.29, 0.717) is 24.7 Å². The summed E-state index contributed by atoms with van der Waals surface area (Å²) in [5.41, 5.74) is 1.07. The first-order valence-corrected chi connectivity index (χ1v) is 15.1. The van der Waals surface area contributed by atoms with Gasteiger partial charge in [-0.2, -0.15) is 0 Å². The second kappa shape index (κ2) is 11.1. The molecule has 2 aliphatic heterocycles. The van der Waals surface area contributed by atoms with E-state index in [1.165, 1.54) is 24.7 Å². The van der Waals surface area contributed by atoms with Crippen molar-refractivity contribution in [2.75, 3.05) is 48.8 Å². The van der Waals surface area contributed by atoms with Gasteiger partial charge in [-0.1, -0.05) is 0 Å². The number of piperidine rings is 1. The highest BCUT2D eigenvalue weighted by Gasteiger charge is 2.34. The number of halogens is 1. The summed E-state index contributed by atoms with van der Waals surface area (Å²) in [6.45, 7) is 4.19. The number of aromatic carboxylic acids is 1. The van der Waals surface area contributed by atoms with Crippen LogP contribution in [0, 0.1) is 11.7 Å². The lowest BCUT2D eigenvalue weighted by molar-refractivity contribution is 0.0697. The monoisotopic (exact) mass is 546 g/mol. The van der Waals surface area contributed by atoms with Gasteiger partial charge >= 0.3 is 5.97 Å². The Kier molecular flexibility index (Phi) is 7.83. The van der Waals surface area contributed by atoms with Gasteiger partial charge in [-0.15, -0.1) is 0 Å². The average molecular weight is 547 g/mol. The molecular formula is C26H35FN6O4S. The van der Waals surface area contributed by atoms with Crippen LogP contribution in [0.3, 0.4) is 0 Å². The minimum Gasteiger partial charge on any atom is -0.478 e. The van der Waals surface area contributed by atoms with E-state index in [1.54, 1.807) is 6.20 Å². The van der Waals surface area contributed by atoms with Gasteiger partial charge in [0.05, 0.1) is 23.7 Å². The van der Waals surface area contributed by atoms with E-state index in [9.17, 15) is 22.7 Å². The van der Waals surface area contributed by atoms with Gasteiger partial charge in [0.25, 0.3) is 0 Å². The van der Waals surface area contributed by atoms with E-state index >= 15 is 0 Å². The van der Waals surface area contributed by atoms with Crippen LogP contribution in [0.5, 0.6) is 0 Å². The lowest BCUT2D eigenvalue weighted by Gasteiger charge is -2.45. The normalized spacial score (nSPS) is 24.7. The zero-order valence-electron chi connectivity index (χ0n) is 21.6. The molecule has 1 aliphatic carbocycles. The van der Waals surface area contributed by atoms with Crippen LogP contribution in [0.4, 0.5) is 21.6 Å². The predicted molar refractivity (Wildman–Crippen MR) is 143 cm³/mol. The van der Waals surface area contributed by atoms with Gasteiger partial charge in [0.15, 0.2) is 5.82 Å². The third kappa shape index (κ3) is 6.08. The number of hydrogen-bond donors (Lipinski definition) is 2. The first-order valence-electron chi connectivity index (χ1n) is 13.2. The second-order valence-electron chi connectivity index (χ2n) is 10.7. The summed E-state index contributed by atoms with van der Waals surface area (Å²) in [5, 5.41) is 9.68. The minimum absolute atomic E-state index is 0.0468. The molecule has 3 heterocycles. The van der Waals surface area contributed by atoms with Gasteiger partial charge in [-0.3, -0.25) is 0 Å². The maximum absolute atomic E-state index is 13.8.